The fraction of sp³-hybridized carbons (Fsp3) is 0.455. The van der Waals surface area contributed by atoms with Crippen LogP contribution in [0.5, 0.6) is 5.75 Å². The lowest BCUT2D eigenvalue weighted by atomic mass is 10.2. The summed E-state index contributed by atoms with van der Waals surface area (Å²) in [6, 6.07) is 6.17. The molecule has 1 aromatic carbocycles. The minimum atomic E-state index is -0.269. The molecule has 1 aliphatic heterocycles. The summed E-state index contributed by atoms with van der Waals surface area (Å²) in [7, 11) is 0. The van der Waals surface area contributed by atoms with Crippen LogP contribution in [-0.4, -0.2) is 19.3 Å². The zero-order valence-electron chi connectivity index (χ0n) is 7.91. The first-order chi connectivity index (χ1) is 6.84. The van der Waals surface area contributed by atoms with Crippen molar-refractivity contribution in [2.45, 2.75) is 18.9 Å². The largest absolute Gasteiger partial charge is 0.491 e. The molecule has 1 heterocycles. The van der Waals surface area contributed by atoms with Crippen molar-refractivity contribution in [2.75, 3.05) is 13.2 Å². The fourth-order valence-corrected chi connectivity index (χ4v) is 1.52. The standard InChI is InChI=1S/C11H13FO2/c12-9-3-1-4-10(7-9)14-8-11-5-2-6-13-11/h1,3-4,7,11H,2,5-6,8H2/t11-/m0/s1. The van der Waals surface area contributed by atoms with E-state index in [1.807, 2.05) is 0 Å². The van der Waals surface area contributed by atoms with Gasteiger partial charge in [0.25, 0.3) is 0 Å². The zero-order chi connectivity index (χ0) is 9.80. The summed E-state index contributed by atoms with van der Waals surface area (Å²) in [6.07, 6.45) is 2.31. The molecule has 0 amide bonds. The highest BCUT2D eigenvalue weighted by Gasteiger charge is 2.15. The Hall–Kier alpha value is -1.09. The van der Waals surface area contributed by atoms with Gasteiger partial charge in [-0.15, -0.1) is 0 Å². The molecule has 2 nitrogen and oxygen atoms in total. The van der Waals surface area contributed by atoms with E-state index in [9.17, 15) is 4.39 Å². The average molecular weight is 196 g/mol. The minimum absolute atomic E-state index is 0.179. The van der Waals surface area contributed by atoms with Crippen LogP contribution in [0.2, 0.25) is 0 Å². The Morgan fingerprint density at radius 2 is 2.43 bits per heavy atom. The van der Waals surface area contributed by atoms with Gasteiger partial charge in [0.1, 0.15) is 18.2 Å². The lowest BCUT2D eigenvalue weighted by molar-refractivity contribution is 0.0678. The topological polar surface area (TPSA) is 18.5 Å². The van der Waals surface area contributed by atoms with E-state index in [-0.39, 0.29) is 11.9 Å². The second kappa shape index (κ2) is 4.42. The Morgan fingerprint density at radius 3 is 3.14 bits per heavy atom. The van der Waals surface area contributed by atoms with Gasteiger partial charge >= 0.3 is 0 Å². The predicted octanol–water partition coefficient (Wildman–Crippen LogP) is 2.38. The Kier molecular flexibility index (Phi) is 2.99. The van der Waals surface area contributed by atoms with Gasteiger partial charge < -0.3 is 9.47 Å². The maximum absolute atomic E-state index is 12.8. The Balaban J connectivity index is 1.85. The maximum atomic E-state index is 12.8. The van der Waals surface area contributed by atoms with Crippen molar-refractivity contribution in [3.05, 3.63) is 30.1 Å². The van der Waals surface area contributed by atoms with Crippen LogP contribution < -0.4 is 4.74 Å². The van der Waals surface area contributed by atoms with Gasteiger partial charge in [-0.2, -0.15) is 0 Å². The number of halogens is 1. The monoisotopic (exact) mass is 196 g/mol. The molecule has 0 unspecified atom stereocenters. The molecule has 0 radical (unpaired) electrons. The molecule has 0 bridgehead atoms. The Bertz CT molecular complexity index is 295. The van der Waals surface area contributed by atoms with Crippen molar-refractivity contribution in [3.63, 3.8) is 0 Å². The van der Waals surface area contributed by atoms with Crippen LogP contribution in [0.4, 0.5) is 4.39 Å². The van der Waals surface area contributed by atoms with Crippen LogP contribution in [0.25, 0.3) is 0 Å². The highest BCUT2D eigenvalue weighted by molar-refractivity contribution is 5.22. The van der Waals surface area contributed by atoms with E-state index >= 15 is 0 Å². The van der Waals surface area contributed by atoms with E-state index < -0.39 is 0 Å². The summed E-state index contributed by atoms with van der Waals surface area (Å²) < 4.78 is 23.5. The number of rotatable bonds is 3. The van der Waals surface area contributed by atoms with E-state index in [1.165, 1.54) is 12.1 Å². The number of ether oxygens (including phenoxy) is 2. The van der Waals surface area contributed by atoms with Crippen molar-refractivity contribution < 1.29 is 13.9 Å². The zero-order valence-corrected chi connectivity index (χ0v) is 7.91. The first-order valence-corrected chi connectivity index (χ1v) is 4.84. The van der Waals surface area contributed by atoms with Gasteiger partial charge in [0.2, 0.25) is 0 Å². The molecule has 1 aromatic rings. The second-order valence-electron chi connectivity index (χ2n) is 3.40. The molecule has 1 saturated heterocycles. The van der Waals surface area contributed by atoms with Crippen molar-refractivity contribution >= 4 is 0 Å². The van der Waals surface area contributed by atoms with Gasteiger partial charge in [0.05, 0.1) is 6.10 Å². The Morgan fingerprint density at radius 1 is 1.50 bits per heavy atom. The summed E-state index contributed by atoms with van der Waals surface area (Å²) >= 11 is 0. The summed E-state index contributed by atoms with van der Waals surface area (Å²) in [4.78, 5) is 0. The third kappa shape index (κ3) is 2.45. The molecule has 0 N–H and O–H groups in total. The van der Waals surface area contributed by atoms with Crippen molar-refractivity contribution in [2.24, 2.45) is 0 Å². The highest BCUT2D eigenvalue weighted by Crippen LogP contribution is 2.16. The minimum Gasteiger partial charge on any atom is -0.491 e. The molecular weight excluding hydrogens is 183 g/mol. The number of benzene rings is 1. The molecule has 1 aliphatic rings. The van der Waals surface area contributed by atoms with Gasteiger partial charge in [-0.25, -0.2) is 4.39 Å². The van der Waals surface area contributed by atoms with Crippen LogP contribution in [0, 0.1) is 5.82 Å². The molecule has 0 spiro atoms. The van der Waals surface area contributed by atoms with Crippen LogP contribution in [0.1, 0.15) is 12.8 Å². The summed E-state index contributed by atoms with van der Waals surface area (Å²) in [6.45, 7) is 1.33. The van der Waals surface area contributed by atoms with Crippen molar-refractivity contribution in [1.82, 2.24) is 0 Å². The summed E-state index contributed by atoms with van der Waals surface area (Å²) in [5, 5.41) is 0. The fourth-order valence-electron chi connectivity index (χ4n) is 1.52. The molecule has 14 heavy (non-hydrogen) atoms. The first-order valence-electron chi connectivity index (χ1n) is 4.84. The van der Waals surface area contributed by atoms with E-state index in [0.29, 0.717) is 12.4 Å². The third-order valence-corrected chi connectivity index (χ3v) is 2.26. The average Bonchev–Trinajstić information content (AvgIpc) is 2.67. The molecule has 2 rings (SSSR count). The lowest BCUT2D eigenvalue weighted by Crippen LogP contribution is -2.16. The van der Waals surface area contributed by atoms with Crippen LogP contribution in [0.3, 0.4) is 0 Å². The van der Waals surface area contributed by atoms with Gasteiger partial charge in [-0.1, -0.05) is 6.07 Å². The SMILES string of the molecule is Fc1cccc(OC[C@@H]2CCCO2)c1. The van der Waals surface area contributed by atoms with E-state index in [1.54, 1.807) is 12.1 Å². The summed E-state index contributed by atoms with van der Waals surface area (Å²) in [5.74, 6) is 0.301. The van der Waals surface area contributed by atoms with E-state index in [4.69, 9.17) is 9.47 Å². The molecule has 0 aromatic heterocycles. The van der Waals surface area contributed by atoms with Gasteiger partial charge in [-0.3, -0.25) is 0 Å². The van der Waals surface area contributed by atoms with Gasteiger partial charge in [-0.05, 0) is 25.0 Å². The smallest absolute Gasteiger partial charge is 0.126 e. The van der Waals surface area contributed by atoms with Crippen LogP contribution in [-0.2, 0) is 4.74 Å². The molecule has 3 heteroatoms. The number of hydrogen-bond donors (Lipinski definition) is 0. The third-order valence-electron chi connectivity index (χ3n) is 2.26. The van der Waals surface area contributed by atoms with E-state index in [0.717, 1.165) is 19.4 Å². The predicted molar refractivity (Wildman–Crippen MR) is 50.9 cm³/mol. The lowest BCUT2D eigenvalue weighted by Gasteiger charge is -2.11. The normalized spacial score (nSPS) is 21.1. The molecular formula is C11H13FO2. The highest BCUT2D eigenvalue weighted by atomic mass is 19.1. The molecule has 1 atom stereocenters. The molecule has 1 fully saturated rings. The number of hydrogen-bond acceptors (Lipinski definition) is 2. The van der Waals surface area contributed by atoms with Crippen LogP contribution in [0.15, 0.2) is 24.3 Å². The maximum Gasteiger partial charge on any atom is 0.126 e. The first kappa shape index (κ1) is 9.46. The summed E-state index contributed by atoms with van der Waals surface area (Å²) in [5.41, 5.74) is 0. The molecule has 76 valence electrons. The van der Waals surface area contributed by atoms with Gasteiger partial charge in [0, 0.05) is 12.7 Å². The molecule has 0 saturated carbocycles. The second-order valence-corrected chi connectivity index (χ2v) is 3.40. The Labute approximate surface area is 82.6 Å². The molecule has 0 aliphatic carbocycles. The van der Waals surface area contributed by atoms with Crippen molar-refractivity contribution in [3.8, 4) is 5.75 Å². The quantitative estimate of drug-likeness (QED) is 0.739. The van der Waals surface area contributed by atoms with E-state index in [2.05, 4.69) is 0 Å². The van der Waals surface area contributed by atoms with Gasteiger partial charge in [0.15, 0.2) is 0 Å². The van der Waals surface area contributed by atoms with Crippen molar-refractivity contribution in [1.29, 1.82) is 0 Å². The van der Waals surface area contributed by atoms with Crippen LogP contribution >= 0.6 is 0 Å².